The van der Waals surface area contributed by atoms with Gasteiger partial charge in [0.1, 0.15) is 5.75 Å². The summed E-state index contributed by atoms with van der Waals surface area (Å²) in [5.41, 5.74) is 1.45. The predicted molar refractivity (Wildman–Crippen MR) is 86.2 cm³/mol. The van der Waals surface area contributed by atoms with E-state index in [9.17, 15) is 9.59 Å². The van der Waals surface area contributed by atoms with E-state index in [4.69, 9.17) is 9.47 Å². The second kappa shape index (κ2) is 6.83. The van der Waals surface area contributed by atoms with Crippen molar-refractivity contribution in [2.75, 3.05) is 6.61 Å². The molecule has 0 unspecified atom stereocenters. The molecule has 6 heteroatoms. The molecule has 0 fully saturated rings. The van der Waals surface area contributed by atoms with E-state index in [1.165, 1.54) is 12.8 Å². The fraction of sp³-hybridized carbons (Fsp3) is 0.412. The molecule has 3 rings (SSSR count). The van der Waals surface area contributed by atoms with Crippen molar-refractivity contribution < 1.29 is 9.47 Å². The highest BCUT2D eigenvalue weighted by Crippen LogP contribution is 2.33. The SMILES string of the molecule is CCCCCOCc1ccc2c(c1)Cc1c([nH]c(=O)[nH]c1=O)O2. The minimum atomic E-state index is -0.561. The average molecular weight is 316 g/mol. The Kier molecular flexibility index (Phi) is 4.62. The predicted octanol–water partition coefficient (Wildman–Crippen LogP) is 2.47. The van der Waals surface area contributed by atoms with Gasteiger partial charge in [0.2, 0.25) is 5.88 Å². The molecule has 1 aliphatic heterocycles. The normalized spacial score (nSPS) is 12.4. The molecular formula is C17H20N2O4. The van der Waals surface area contributed by atoms with Crippen molar-refractivity contribution in [3.63, 3.8) is 0 Å². The van der Waals surface area contributed by atoms with Gasteiger partial charge in [0.05, 0.1) is 12.2 Å². The Balaban J connectivity index is 1.73. The summed E-state index contributed by atoms with van der Waals surface area (Å²) in [6, 6.07) is 5.78. The van der Waals surface area contributed by atoms with Crippen LogP contribution in [0.3, 0.4) is 0 Å². The van der Waals surface area contributed by atoms with Gasteiger partial charge in [-0.3, -0.25) is 14.8 Å². The van der Waals surface area contributed by atoms with Crippen LogP contribution in [0.1, 0.15) is 42.9 Å². The number of unbranched alkanes of at least 4 members (excludes halogenated alkanes) is 2. The lowest BCUT2D eigenvalue weighted by Crippen LogP contribution is -2.28. The van der Waals surface area contributed by atoms with Crippen LogP contribution in [-0.4, -0.2) is 16.6 Å². The third kappa shape index (κ3) is 3.53. The van der Waals surface area contributed by atoms with E-state index in [1.807, 2.05) is 18.2 Å². The average Bonchev–Trinajstić information content (AvgIpc) is 2.53. The van der Waals surface area contributed by atoms with Gasteiger partial charge in [0.25, 0.3) is 5.56 Å². The lowest BCUT2D eigenvalue weighted by molar-refractivity contribution is 0.117. The van der Waals surface area contributed by atoms with E-state index in [2.05, 4.69) is 16.9 Å². The van der Waals surface area contributed by atoms with E-state index in [0.29, 0.717) is 24.3 Å². The lowest BCUT2D eigenvalue weighted by Gasteiger charge is -2.19. The number of hydrogen-bond donors (Lipinski definition) is 2. The molecule has 0 atom stereocenters. The molecule has 0 spiro atoms. The van der Waals surface area contributed by atoms with Crippen LogP contribution in [-0.2, 0) is 17.8 Å². The number of H-pyrrole nitrogens is 2. The van der Waals surface area contributed by atoms with Crippen LogP contribution in [0, 0.1) is 0 Å². The van der Waals surface area contributed by atoms with Crippen LogP contribution >= 0.6 is 0 Å². The Morgan fingerprint density at radius 3 is 2.91 bits per heavy atom. The molecular weight excluding hydrogens is 296 g/mol. The molecule has 2 heterocycles. The second-order valence-electron chi connectivity index (χ2n) is 5.70. The van der Waals surface area contributed by atoms with Gasteiger partial charge >= 0.3 is 5.69 Å². The van der Waals surface area contributed by atoms with Gasteiger partial charge in [0.15, 0.2) is 0 Å². The zero-order chi connectivity index (χ0) is 16.2. The van der Waals surface area contributed by atoms with Gasteiger partial charge in [-0.05, 0) is 29.7 Å². The van der Waals surface area contributed by atoms with Crippen molar-refractivity contribution >= 4 is 0 Å². The first kappa shape index (κ1) is 15.6. The molecule has 0 amide bonds. The summed E-state index contributed by atoms with van der Waals surface area (Å²) in [5, 5.41) is 0. The number of ether oxygens (including phenoxy) is 2. The highest BCUT2D eigenvalue weighted by Gasteiger charge is 2.21. The Bertz CT molecular complexity index is 807. The maximum atomic E-state index is 11.9. The topological polar surface area (TPSA) is 84.2 Å². The number of hydrogen-bond acceptors (Lipinski definition) is 4. The Morgan fingerprint density at radius 2 is 2.09 bits per heavy atom. The van der Waals surface area contributed by atoms with Crippen LogP contribution in [0.15, 0.2) is 27.8 Å². The second-order valence-corrected chi connectivity index (χ2v) is 5.70. The van der Waals surface area contributed by atoms with Crippen molar-refractivity contribution in [3.05, 3.63) is 55.7 Å². The Morgan fingerprint density at radius 1 is 1.22 bits per heavy atom. The zero-order valence-electron chi connectivity index (χ0n) is 13.1. The molecule has 0 saturated carbocycles. The lowest BCUT2D eigenvalue weighted by atomic mass is 10.0. The molecule has 1 aliphatic rings. The monoisotopic (exact) mass is 316 g/mol. The number of aromatic amines is 2. The van der Waals surface area contributed by atoms with Crippen molar-refractivity contribution in [2.45, 2.75) is 39.2 Å². The molecule has 2 aromatic rings. The van der Waals surface area contributed by atoms with E-state index >= 15 is 0 Å². The smallest absolute Gasteiger partial charge is 0.328 e. The quantitative estimate of drug-likeness (QED) is 0.684. The fourth-order valence-corrected chi connectivity index (χ4v) is 2.64. The number of rotatable bonds is 6. The molecule has 122 valence electrons. The van der Waals surface area contributed by atoms with Crippen LogP contribution < -0.4 is 16.0 Å². The van der Waals surface area contributed by atoms with Gasteiger partial charge < -0.3 is 9.47 Å². The van der Waals surface area contributed by atoms with Gasteiger partial charge in [-0.2, -0.15) is 0 Å². The molecule has 1 aromatic carbocycles. The van der Waals surface area contributed by atoms with Gasteiger partial charge in [0, 0.05) is 13.0 Å². The van der Waals surface area contributed by atoms with Gasteiger partial charge in [-0.15, -0.1) is 0 Å². The summed E-state index contributed by atoms with van der Waals surface area (Å²) in [7, 11) is 0. The number of aromatic nitrogens is 2. The summed E-state index contributed by atoms with van der Waals surface area (Å²) in [4.78, 5) is 27.9. The highest BCUT2D eigenvalue weighted by molar-refractivity contribution is 5.47. The Hall–Kier alpha value is -2.34. The maximum Gasteiger partial charge on any atom is 0.328 e. The first-order valence-electron chi connectivity index (χ1n) is 7.90. The van der Waals surface area contributed by atoms with E-state index < -0.39 is 11.2 Å². The maximum absolute atomic E-state index is 11.9. The molecule has 0 saturated heterocycles. The third-order valence-corrected chi connectivity index (χ3v) is 3.87. The standard InChI is InChI=1S/C17H20N2O4/c1-2-3-4-7-22-10-11-5-6-14-12(8-11)9-13-15(20)18-17(21)19-16(13)23-14/h5-6,8H,2-4,7,9-10H2,1H3,(H2,18,19,20,21). The molecule has 0 bridgehead atoms. The van der Waals surface area contributed by atoms with Crippen molar-refractivity contribution in [1.82, 2.24) is 9.97 Å². The number of benzene rings is 1. The van der Waals surface area contributed by atoms with Crippen LogP contribution in [0.25, 0.3) is 0 Å². The van der Waals surface area contributed by atoms with Crippen LogP contribution in [0.4, 0.5) is 0 Å². The van der Waals surface area contributed by atoms with Crippen molar-refractivity contribution in [3.8, 4) is 11.6 Å². The van der Waals surface area contributed by atoms with Gasteiger partial charge in [-0.25, -0.2) is 4.79 Å². The Labute approximate surface area is 133 Å². The van der Waals surface area contributed by atoms with E-state index in [0.717, 1.165) is 24.2 Å². The summed E-state index contributed by atoms with van der Waals surface area (Å²) in [6.45, 7) is 3.47. The molecule has 1 aromatic heterocycles. The third-order valence-electron chi connectivity index (χ3n) is 3.87. The number of nitrogens with one attached hydrogen (secondary N) is 2. The summed E-state index contributed by atoms with van der Waals surface area (Å²) >= 11 is 0. The van der Waals surface area contributed by atoms with Crippen molar-refractivity contribution in [1.29, 1.82) is 0 Å². The van der Waals surface area contributed by atoms with Crippen LogP contribution in [0.2, 0.25) is 0 Å². The van der Waals surface area contributed by atoms with E-state index in [-0.39, 0.29) is 5.88 Å². The summed E-state index contributed by atoms with van der Waals surface area (Å²) in [6.07, 6.45) is 3.85. The minimum Gasteiger partial charge on any atom is -0.440 e. The molecule has 2 N–H and O–H groups in total. The number of fused-ring (bicyclic) bond motifs is 2. The van der Waals surface area contributed by atoms with Crippen LogP contribution in [0.5, 0.6) is 11.6 Å². The minimum absolute atomic E-state index is 0.231. The zero-order valence-corrected chi connectivity index (χ0v) is 13.1. The largest absolute Gasteiger partial charge is 0.440 e. The van der Waals surface area contributed by atoms with Crippen molar-refractivity contribution in [2.24, 2.45) is 0 Å². The van der Waals surface area contributed by atoms with E-state index in [1.54, 1.807) is 0 Å². The first-order chi connectivity index (χ1) is 11.2. The first-order valence-corrected chi connectivity index (χ1v) is 7.90. The van der Waals surface area contributed by atoms with Gasteiger partial charge in [-0.1, -0.05) is 25.8 Å². The molecule has 0 aliphatic carbocycles. The molecule has 23 heavy (non-hydrogen) atoms. The fourth-order valence-electron chi connectivity index (χ4n) is 2.64. The summed E-state index contributed by atoms with van der Waals surface area (Å²) in [5.74, 6) is 0.892. The molecule has 6 nitrogen and oxygen atoms in total. The highest BCUT2D eigenvalue weighted by atomic mass is 16.5. The molecule has 0 radical (unpaired) electrons. The summed E-state index contributed by atoms with van der Waals surface area (Å²) < 4.78 is 11.3.